The van der Waals surface area contributed by atoms with E-state index in [1.54, 1.807) is 7.11 Å². The molecule has 2 N–H and O–H groups in total. The van der Waals surface area contributed by atoms with E-state index in [2.05, 4.69) is 5.32 Å². The van der Waals surface area contributed by atoms with E-state index in [0.717, 1.165) is 25.3 Å². The summed E-state index contributed by atoms with van der Waals surface area (Å²) in [5, 5.41) is 12.7. The molecule has 2 rings (SSSR count). The quantitative estimate of drug-likeness (QED) is 0.745. The minimum atomic E-state index is -0.692. The van der Waals surface area contributed by atoms with Crippen molar-refractivity contribution in [1.29, 1.82) is 0 Å². The van der Waals surface area contributed by atoms with E-state index in [4.69, 9.17) is 4.74 Å². The van der Waals surface area contributed by atoms with E-state index < -0.39 is 11.5 Å². The molecule has 16 heavy (non-hydrogen) atoms. The van der Waals surface area contributed by atoms with Crippen LogP contribution in [0.3, 0.4) is 0 Å². The Balaban J connectivity index is 1.90. The Morgan fingerprint density at radius 3 is 2.44 bits per heavy atom. The maximum Gasteiger partial charge on any atom is 0.323 e. The standard InChI is InChI=1S/C12H21NO3/c1-16-10-4-6-12(7-5-10,11(14)15)13-8-9-2-3-9/h9-10,13H,2-8H2,1H3,(H,14,15). The van der Waals surface area contributed by atoms with Gasteiger partial charge in [0.1, 0.15) is 5.54 Å². The van der Waals surface area contributed by atoms with Gasteiger partial charge in [-0.1, -0.05) is 0 Å². The Hall–Kier alpha value is -0.610. The second-order valence-electron chi connectivity index (χ2n) is 5.15. The van der Waals surface area contributed by atoms with Gasteiger partial charge in [-0.05, 0) is 51.0 Å². The molecule has 0 bridgehead atoms. The van der Waals surface area contributed by atoms with Crippen molar-refractivity contribution in [2.24, 2.45) is 5.92 Å². The van der Waals surface area contributed by atoms with Crippen LogP contribution >= 0.6 is 0 Å². The maximum atomic E-state index is 11.4. The fraction of sp³-hybridized carbons (Fsp3) is 0.917. The first-order valence-corrected chi connectivity index (χ1v) is 6.17. The average molecular weight is 227 g/mol. The number of hydrogen-bond donors (Lipinski definition) is 2. The number of ether oxygens (including phenoxy) is 1. The monoisotopic (exact) mass is 227 g/mol. The molecule has 0 radical (unpaired) electrons. The molecule has 0 unspecified atom stereocenters. The Morgan fingerprint density at radius 2 is 2.00 bits per heavy atom. The number of hydrogen-bond acceptors (Lipinski definition) is 3. The normalized spacial score (nSPS) is 34.9. The fourth-order valence-corrected chi connectivity index (χ4v) is 2.45. The third kappa shape index (κ3) is 2.55. The zero-order chi connectivity index (χ0) is 11.6. The lowest BCUT2D eigenvalue weighted by atomic mass is 9.80. The number of carboxylic acid groups (broad SMARTS) is 1. The molecule has 0 aromatic heterocycles. The third-order valence-corrected chi connectivity index (χ3v) is 3.95. The molecule has 2 aliphatic rings. The van der Waals surface area contributed by atoms with Crippen LogP contribution in [-0.4, -0.2) is 36.4 Å². The summed E-state index contributed by atoms with van der Waals surface area (Å²) in [6.45, 7) is 0.865. The molecule has 0 aromatic rings. The highest BCUT2D eigenvalue weighted by atomic mass is 16.5. The van der Waals surface area contributed by atoms with E-state index in [-0.39, 0.29) is 6.10 Å². The molecule has 0 aliphatic heterocycles. The maximum absolute atomic E-state index is 11.4. The predicted octanol–water partition coefficient (Wildman–Crippen LogP) is 1.40. The summed E-state index contributed by atoms with van der Waals surface area (Å²) in [7, 11) is 1.70. The van der Waals surface area contributed by atoms with Crippen LogP contribution in [0.2, 0.25) is 0 Å². The molecule has 4 nitrogen and oxygen atoms in total. The van der Waals surface area contributed by atoms with Crippen molar-refractivity contribution in [1.82, 2.24) is 5.32 Å². The van der Waals surface area contributed by atoms with Gasteiger partial charge in [-0.15, -0.1) is 0 Å². The Kier molecular flexibility index (Phi) is 3.50. The van der Waals surface area contributed by atoms with Gasteiger partial charge in [0.15, 0.2) is 0 Å². The van der Waals surface area contributed by atoms with E-state index in [9.17, 15) is 9.90 Å². The summed E-state index contributed by atoms with van der Waals surface area (Å²) in [5.41, 5.74) is -0.683. The van der Waals surface area contributed by atoms with Gasteiger partial charge in [0.25, 0.3) is 0 Å². The molecule has 2 saturated carbocycles. The predicted molar refractivity (Wildman–Crippen MR) is 60.4 cm³/mol. The van der Waals surface area contributed by atoms with Gasteiger partial charge in [-0.3, -0.25) is 4.79 Å². The molecular formula is C12H21NO3. The highest BCUT2D eigenvalue weighted by molar-refractivity contribution is 5.79. The van der Waals surface area contributed by atoms with E-state index in [1.165, 1.54) is 12.8 Å². The molecule has 0 amide bonds. The highest BCUT2D eigenvalue weighted by Gasteiger charge is 2.42. The second-order valence-corrected chi connectivity index (χ2v) is 5.15. The molecule has 0 saturated heterocycles. The topological polar surface area (TPSA) is 58.6 Å². The first-order chi connectivity index (χ1) is 7.66. The number of aliphatic carboxylic acids is 1. The lowest BCUT2D eigenvalue weighted by Crippen LogP contribution is -2.55. The van der Waals surface area contributed by atoms with Crippen molar-refractivity contribution < 1.29 is 14.6 Å². The minimum absolute atomic E-state index is 0.246. The average Bonchev–Trinajstić information content (AvgIpc) is 3.10. The van der Waals surface area contributed by atoms with Gasteiger partial charge in [0.2, 0.25) is 0 Å². The van der Waals surface area contributed by atoms with Crippen LogP contribution in [0.5, 0.6) is 0 Å². The SMILES string of the molecule is COC1CCC(NCC2CC2)(C(=O)O)CC1. The first kappa shape index (κ1) is 11.9. The molecule has 2 fully saturated rings. The summed E-state index contributed by atoms with van der Waals surface area (Å²) in [6, 6.07) is 0. The Bertz CT molecular complexity index is 255. The van der Waals surface area contributed by atoms with E-state index in [1.807, 2.05) is 0 Å². The summed E-state index contributed by atoms with van der Waals surface area (Å²) in [5.74, 6) is 0.0269. The molecule has 4 heteroatoms. The molecule has 0 spiro atoms. The van der Waals surface area contributed by atoms with Gasteiger partial charge in [0.05, 0.1) is 6.10 Å². The molecule has 2 aliphatic carbocycles. The molecule has 0 atom stereocenters. The summed E-state index contributed by atoms with van der Waals surface area (Å²) in [6.07, 6.45) is 5.82. The van der Waals surface area contributed by atoms with Gasteiger partial charge in [0, 0.05) is 7.11 Å². The zero-order valence-electron chi connectivity index (χ0n) is 9.87. The van der Waals surface area contributed by atoms with Crippen LogP contribution in [0.4, 0.5) is 0 Å². The lowest BCUT2D eigenvalue weighted by molar-refractivity contribution is -0.147. The third-order valence-electron chi connectivity index (χ3n) is 3.95. The minimum Gasteiger partial charge on any atom is -0.480 e. The van der Waals surface area contributed by atoms with Crippen LogP contribution in [0.25, 0.3) is 0 Å². The number of methoxy groups -OCH3 is 1. The van der Waals surface area contributed by atoms with Crippen molar-refractivity contribution in [2.45, 2.75) is 50.2 Å². The van der Waals surface area contributed by atoms with Gasteiger partial charge in [-0.2, -0.15) is 0 Å². The number of carbonyl (C=O) groups is 1. The number of nitrogens with one attached hydrogen (secondary N) is 1. The van der Waals surface area contributed by atoms with Crippen LogP contribution in [0, 0.1) is 5.92 Å². The van der Waals surface area contributed by atoms with Gasteiger partial charge < -0.3 is 15.2 Å². The Labute approximate surface area is 96.4 Å². The highest BCUT2D eigenvalue weighted by Crippen LogP contribution is 2.33. The molecule has 92 valence electrons. The zero-order valence-corrected chi connectivity index (χ0v) is 9.87. The largest absolute Gasteiger partial charge is 0.480 e. The van der Waals surface area contributed by atoms with Crippen LogP contribution in [0.1, 0.15) is 38.5 Å². The summed E-state index contributed by atoms with van der Waals surface area (Å²) in [4.78, 5) is 11.4. The van der Waals surface area contributed by atoms with Crippen molar-refractivity contribution >= 4 is 5.97 Å². The Morgan fingerprint density at radius 1 is 1.38 bits per heavy atom. The fourth-order valence-electron chi connectivity index (χ4n) is 2.45. The van der Waals surface area contributed by atoms with Gasteiger partial charge >= 0.3 is 5.97 Å². The van der Waals surface area contributed by atoms with Crippen LogP contribution in [0.15, 0.2) is 0 Å². The van der Waals surface area contributed by atoms with Crippen LogP contribution < -0.4 is 5.32 Å². The smallest absolute Gasteiger partial charge is 0.323 e. The van der Waals surface area contributed by atoms with E-state index >= 15 is 0 Å². The van der Waals surface area contributed by atoms with Crippen molar-refractivity contribution in [3.05, 3.63) is 0 Å². The van der Waals surface area contributed by atoms with Crippen LogP contribution in [-0.2, 0) is 9.53 Å². The van der Waals surface area contributed by atoms with Crippen molar-refractivity contribution in [3.8, 4) is 0 Å². The number of rotatable bonds is 5. The molecule has 0 heterocycles. The van der Waals surface area contributed by atoms with Crippen molar-refractivity contribution in [2.75, 3.05) is 13.7 Å². The van der Waals surface area contributed by atoms with E-state index in [0.29, 0.717) is 12.8 Å². The number of carboxylic acids is 1. The summed E-state index contributed by atoms with van der Waals surface area (Å²) < 4.78 is 5.28. The van der Waals surface area contributed by atoms with Gasteiger partial charge in [-0.25, -0.2) is 0 Å². The van der Waals surface area contributed by atoms with Crippen molar-refractivity contribution in [3.63, 3.8) is 0 Å². The lowest BCUT2D eigenvalue weighted by Gasteiger charge is -2.37. The summed E-state index contributed by atoms with van der Waals surface area (Å²) >= 11 is 0. The molecule has 0 aromatic carbocycles. The second kappa shape index (κ2) is 4.72. The first-order valence-electron chi connectivity index (χ1n) is 6.17. The molecular weight excluding hydrogens is 206 g/mol.